The molecule has 1 fully saturated rings. The minimum atomic E-state index is -0.0735. The van der Waals surface area contributed by atoms with Gasteiger partial charge < -0.3 is 5.32 Å². The number of hydrogen-bond acceptors (Lipinski definition) is 3. The molecule has 2 aromatic carbocycles. The summed E-state index contributed by atoms with van der Waals surface area (Å²) in [4.78, 5) is 20.0. The van der Waals surface area contributed by atoms with Crippen molar-refractivity contribution in [2.75, 3.05) is 18.4 Å². The molecule has 168 valence electrons. The van der Waals surface area contributed by atoms with Crippen molar-refractivity contribution >= 4 is 22.5 Å². The summed E-state index contributed by atoms with van der Waals surface area (Å²) in [5.74, 6) is -0.0735. The Balaban J connectivity index is 1.41. The van der Waals surface area contributed by atoms with Crippen LogP contribution < -0.4 is 5.32 Å². The van der Waals surface area contributed by atoms with Gasteiger partial charge in [0.1, 0.15) is 0 Å². The SMILES string of the molecule is CCCCCCc1ccc(C(=O)Nc2ccc3cc(CN4CCCC4)cnc3c2C)cc1. The topological polar surface area (TPSA) is 45.2 Å². The molecule has 0 atom stereocenters. The molecule has 1 amide bonds. The van der Waals surface area contributed by atoms with E-state index in [1.807, 2.05) is 31.3 Å². The van der Waals surface area contributed by atoms with Crippen molar-refractivity contribution in [3.63, 3.8) is 0 Å². The van der Waals surface area contributed by atoms with Crippen LogP contribution in [0.25, 0.3) is 10.9 Å². The first kappa shape index (κ1) is 22.5. The summed E-state index contributed by atoms with van der Waals surface area (Å²) < 4.78 is 0. The summed E-state index contributed by atoms with van der Waals surface area (Å²) in [6.45, 7) is 7.59. The third-order valence-electron chi connectivity index (χ3n) is 6.55. The van der Waals surface area contributed by atoms with Crippen LogP contribution >= 0.6 is 0 Å². The number of anilines is 1. The van der Waals surface area contributed by atoms with Gasteiger partial charge in [-0.3, -0.25) is 14.7 Å². The molecule has 0 unspecified atom stereocenters. The lowest BCUT2D eigenvalue weighted by atomic mass is 10.0. The van der Waals surface area contributed by atoms with E-state index in [-0.39, 0.29) is 5.91 Å². The molecule has 0 radical (unpaired) electrons. The second-order valence-corrected chi connectivity index (χ2v) is 9.10. The first-order valence-corrected chi connectivity index (χ1v) is 12.1. The number of pyridine rings is 1. The second kappa shape index (κ2) is 10.7. The summed E-state index contributed by atoms with van der Waals surface area (Å²) in [6.07, 6.45) is 10.7. The van der Waals surface area contributed by atoms with Crippen molar-refractivity contribution in [1.82, 2.24) is 9.88 Å². The first-order valence-electron chi connectivity index (χ1n) is 12.1. The van der Waals surface area contributed by atoms with E-state index in [0.29, 0.717) is 5.56 Å². The fourth-order valence-corrected chi connectivity index (χ4v) is 4.59. The lowest BCUT2D eigenvalue weighted by molar-refractivity contribution is 0.102. The molecule has 2 heterocycles. The number of carbonyl (C=O) groups is 1. The highest BCUT2D eigenvalue weighted by molar-refractivity contribution is 6.05. The van der Waals surface area contributed by atoms with E-state index in [1.165, 1.54) is 62.7 Å². The van der Waals surface area contributed by atoms with Gasteiger partial charge in [0.2, 0.25) is 0 Å². The number of nitrogens with one attached hydrogen (secondary N) is 1. The van der Waals surface area contributed by atoms with Crippen LogP contribution in [0, 0.1) is 6.92 Å². The van der Waals surface area contributed by atoms with E-state index in [2.05, 4.69) is 41.4 Å². The van der Waals surface area contributed by atoms with Gasteiger partial charge in [0.25, 0.3) is 5.91 Å². The molecule has 3 aromatic rings. The molecular formula is C28H35N3O. The predicted molar refractivity (Wildman–Crippen MR) is 133 cm³/mol. The zero-order valence-electron chi connectivity index (χ0n) is 19.5. The van der Waals surface area contributed by atoms with Crippen LogP contribution in [-0.4, -0.2) is 28.9 Å². The molecule has 4 heteroatoms. The molecule has 1 aliphatic heterocycles. The Morgan fingerprint density at radius 2 is 1.78 bits per heavy atom. The maximum atomic E-state index is 12.8. The highest BCUT2D eigenvalue weighted by Crippen LogP contribution is 2.26. The number of aromatic nitrogens is 1. The average Bonchev–Trinajstić information content (AvgIpc) is 3.32. The molecular weight excluding hydrogens is 394 g/mol. The number of amides is 1. The van der Waals surface area contributed by atoms with Crippen LogP contribution in [0.5, 0.6) is 0 Å². The van der Waals surface area contributed by atoms with Gasteiger partial charge in [-0.1, -0.05) is 44.4 Å². The second-order valence-electron chi connectivity index (χ2n) is 9.10. The Bertz CT molecular complexity index is 1050. The molecule has 0 saturated carbocycles. The Labute approximate surface area is 192 Å². The number of nitrogens with zero attached hydrogens (tertiary/aromatic N) is 2. The van der Waals surface area contributed by atoms with Crippen LogP contribution in [0.4, 0.5) is 5.69 Å². The summed E-state index contributed by atoms with van der Waals surface area (Å²) in [5.41, 5.74) is 6.03. The summed E-state index contributed by atoms with van der Waals surface area (Å²) in [6, 6.07) is 14.3. The first-order chi connectivity index (χ1) is 15.6. The zero-order valence-corrected chi connectivity index (χ0v) is 19.5. The van der Waals surface area contributed by atoms with Crippen molar-refractivity contribution < 1.29 is 4.79 Å². The maximum absolute atomic E-state index is 12.8. The number of carbonyl (C=O) groups excluding carboxylic acids is 1. The number of unbranched alkanes of at least 4 members (excludes halogenated alkanes) is 3. The Kier molecular flexibility index (Phi) is 7.54. The number of likely N-dealkylation sites (tertiary alicyclic amines) is 1. The number of rotatable bonds is 9. The van der Waals surface area contributed by atoms with Crippen LogP contribution in [0.3, 0.4) is 0 Å². The molecule has 1 saturated heterocycles. The lowest BCUT2D eigenvalue weighted by Crippen LogP contribution is -2.18. The van der Waals surface area contributed by atoms with Crippen LogP contribution in [0.15, 0.2) is 48.7 Å². The molecule has 0 aliphatic carbocycles. The molecule has 1 N–H and O–H groups in total. The van der Waals surface area contributed by atoms with Gasteiger partial charge in [-0.25, -0.2) is 0 Å². The standard InChI is InChI=1S/C28H35N3O/c1-3-4-5-6-9-22-10-12-24(13-11-22)28(32)30-26-15-14-25-18-23(19-29-27(25)21(26)2)20-31-16-7-8-17-31/h10-15,18-19H,3-9,16-17,20H2,1-2H3,(H,30,32). The maximum Gasteiger partial charge on any atom is 0.255 e. The molecule has 4 nitrogen and oxygen atoms in total. The van der Waals surface area contributed by atoms with Crippen LogP contribution in [0.2, 0.25) is 0 Å². The largest absolute Gasteiger partial charge is 0.322 e. The Hall–Kier alpha value is -2.72. The fraction of sp³-hybridized carbons (Fsp3) is 0.429. The van der Waals surface area contributed by atoms with Gasteiger partial charge in [0.05, 0.1) is 5.52 Å². The number of benzene rings is 2. The van der Waals surface area contributed by atoms with Gasteiger partial charge in [0, 0.05) is 29.4 Å². The third-order valence-corrected chi connectivity index (χ3v) is 6.55. The summed E-state index contributed by atoms with van der Waals surface area (Å²) in [7, 11) is 0. The van der Waals surface area contributed by atoms with E-state index < -0.39 is 0 Å². The minimum absolute atomic E-state index is 0.0735. The number of aryl methyl sites for hydroxylation is 2. The number of fused-ring (bicyclic) bond motifs is 1. The van der Waals surface area contributed by atoms with Gasteiger partial charge >= 0.3 is 0 Å². The molecule has 0 spiro atoms. The minimum Gasteiger partial charge on any atom is -0.322 e. The molecule has 4 rings (SSSR count). The lowest BCUT2D eigenvalue weighted by Gasteiger charge is -2.15. The zero-order chi connectivity index (χ0) is 22.3. The number of hydrogen-bond donors (Lipinski definition) is 1. The van der Waals surface area contributed by atoms with Crippen molar-refractivity contribution in [3.05, 3.63) is 70.9 Å². The van der Waals surface area contributed by atoms with Gasteiger partial charge in [-0.2, -0.15) is 0 Å². The third kappa shape index (κ3) is 5.55. The normalized spacial score (nSPS) is 14.2. The monoisotopic (exact) mass is 429 g/mol. The van der Waals surface area contributed by atoms with Gasteiger partial charge in [-0.15, -0.1) is 0 Å². The smallest absolute Gasteiger partial charge is 0.255 e. The molecule has 1 aliphatic rings. The summed E-state index contributed by atoms with van der Waals surface area (Å²) in [5, 5.41) is 4.21. The fourth-order valence-electron chi connectivity index (χ4n) is 4.59. The van der Waals surface area contributed by atoms with Crippen molar-refractivity contribution in [3.8, 4) is 0 Å². The van der Waals surface area contributed by atoms with Crippen molar-refractivity contribution in [2.45, 2.75) is 65.3 Å². The van der Waals surface area contributed by atoms with E-state index >= 15 is 0 Å². The molecule has 0 bridgehead atoms. The van der Waals surface area contributed by atoms with Gasteiger partial charge in [-0.05, 0) is 86.7 Å². The van der Waals surface area contributed by atoms with E-state index in [0.717, 1.165) is 35.1 Å². The van der Waals surface area contributed by atoms with Crippen LogP contribution in [-0.2, 0) is 13.0 Å². The van der Waals surface area contributed by atoms with Crippen LogP contribution in [0.1, 0.15) is 72.5 Å². The van der Waals surface area contributed by atoms with E-state index in [4.69, 9.17) is 4.98 Å². The predicted octanol–water partition coefficient (Wildman–Crippen LogP) is 6.51. The summed E-state index contributed by atoms with van der Waals surface area (Å²) >= 11 is 0. The molecule has 1 aromatic heterocycles. The van der Waals surface area contributed by atoms with Crippen molar-refractivity contribution in [2.24, 2.45) is 0 Å². The highest BCUT2D eigenvalue weighted by atomic mass is 16.1. The average molecular weight is 430 g/mol. The van der Waals surface area contributed by atoms with E-state index in [9.17, 15) is 4.79 Å². The van der Waals surface area contributed by atoms with Crippen molar-refractivity contribution in [1.29, 1.82) is 0 Å². The van der Waals surface area contributed by atoms with Gasteiger partial charge in [0.15, 0.2) is 0 Å². The molecule has 32 heavy (non-hydrogen) atoms. The highest BCUT2D eigenvalue weighted by Gasteiger charge is 2.14. The van der Waals surface area contributed by atoms with E-state index in [1.54, 1.807) is 0 Å². The Morgan fingerprint density at radius 3 is 2.53 bits per heavy atom. The Morgan fingerprint density at radius 1 is 1.00 bits per heavy atom. The quantitative estimate of drug-likeness (QED) is 0.394.